The van der Waals surface area contributed by atoms with Crippen LogP contribution in [-0.2, 0) is 23.9 Å². The van der Waals surface area contributed by atoms with Crippen molar-refractivity contribution in [1.82, 2.24) is 15.5 Å². The summed E-state index contributed by atoms with van der Waals surface area (Å²) in [7, 11) is 0. The summed E-state index contributed by atoms with van der Waals surface area (Å²) in [5.74, 6) is -2.10. The third-order valence-corrected chi connectivity index (χ3v) is 4.90. The Morgan fingerprint density at radius 2 is 2.10 bits per heavy atom. The minimum atomic E-state index is -0.649. The molecule has 0 unspecified atom stereocenters. The number of benzene rings is 1. The van der Waals surface area contributed by atoms with Gasteiger partial charge < -0.3 is 14.8 Å². The number of hydrogen-bond acceptors (Lipinski definition) is 9. The molecule has 1 aromatic heterocycles. The molecule has 0 saturated carbocycles. The molecule has 0 radical (unpaired) electrons. The SMILES string of the molecule is CC(=O)NC[C@H]1CN(c2ccc(-c3nnc(NC(=O)COC(C)=O)s3)c(F)c2)C(=O)O1. The number of hydrogen-bond donors (Lipinski definition) is 2. The van der Waals surface area contributed by atoms with E-state index in [2.05, 4.69) is 25.6 Å². The van der Waals surface area contributed by atoms with E-state index in [1.54, 1.807) is 0 Å². The fourth-order valence-corrected chi connectivity index (χ4v) is 3.43. The molecule has 1 aliphatic heterocycles. The van der Waals surface area contributed by atoms with Gasteiger partial charge in [0.2, 0.25) is 11.0 Å². The van der Waals surface area contributed by atoms with E-state index in [-0.39, 0.29) is 40.4 Å². The number of halogens is 1. The van der Waals surface area contributed by atoms with Crippen LogP contribution in [0.5, 0.6) is 0 Å². The number of amides is 3. The van der Waals surface area contributed by atoms with Crippen molar-refractivity contribution in [3.8, 4) is 10.6 Å². The molecule has 1 aromatic carbocycles. The summed E-state index contributed by atoms with van der Waals surface area (Å²) < 4.78 is 24.4. The normalized spacial score (nSPS) is 15.4. The minimum absolute atomic E-state index is 0.111. The van der Waals surface area contributed by atoms with Crippen LogP contribution in [0.3, 0.4) is 0 Å². The molecule has 3 rings (SSSR count). The first-order chi connectivity index (χ1) is 14.7. The molecule has 1 fully saturated rings. The fraction of sp³-hybridized carbons (Fsp3) is 0.333. The molecular formula is C18H18FN5O6S. The predicted octanol–water partition coefficient (Wildman–Crippen LogP) is 1.31. The number of nitrogens with one attached hydrogen (secondary N) is 2. The standard InChI is InChI=1S/C18H18FN5O6S/c1-9(25)20-6-12-7-24(18(28)30-12)11-3-4-13(14(19)5-11)16-22-23-17(31-16)21-15(27)8-29-10(2)26/h3-5,12H,6-8H2,1-2H3,(H,20,25)(H,21,23,27)/t12-/m0/s1. The third kappa shape index (κ3) is 5.72. The van der Waals surface area contributed by atoms with Gasteiger partial charge in [-0.1, -0.05) is 11.3 Å². The zero-order chi connectivity index (χ0) is 22.5. The van der Waals surface area contributed by atoms with E-state index in [1.165, 1.54) is 30.9 Å². The van der Waals surface area contributed by atoms with E-state index in [1.807, 2.05) is 0 Å². The van der Waals surface area contributed by atoms with Crippen LogP contribution in [0.25, 0.3) is 10.6 Å². The lowest BCUT2D eigenvalue weighted by atomic mass is 10.2. The number of aromatic nitrogens is 2. The highest BCUT2D eigenvalue weighted by Crippen LogP contribution is 2.32. The first-order valence-corrected chi connectivity index (χ1v) is 9.84. The van der Waals surface area contributed by atoms with Gasteiger partial charge in [0.15, 0.2) is 11.6 Å². The van der Waals surface area contributed by atoms with Crippen LogP contribution in [0.4, 0.5) is 20.0 Å². The van der Waals surface area contributed by atoms with Crippen LogP contribution >= 0.6 is 11.3 Å². The highest BCUT2D eigenvalue weighted by Gasteiger charge is 2.32. The van der Waals surface area contributed by atoms with Crippen molar-refractivity contribution in [2.24, 2.45) is 0 Å². The highest BCUT2D eigenvalue weighted by atomic mass is 32.1. The van der Waals surface area contributed by atoms with Crippen molar-refractivity contribution >= 4 is 46.0 Å². The Bertz CT molecular complexity index is 1030. The second-order valence-corrected chi connectivity index (χ2v) is 7.44. The van der Waals surface area contributed by atoms with Gasteiger partial charge in [0.1, 0.15) is 11.9 Å². The third-order valence-electron chi connectivity index (χ3n) is 4.03. The zero-order valence-corrected chi connectivity index (χ0v) is 17.3. The number of rotatable bonds is 7. The Hall–Kier alpha value is -3.61. The van der Waals surface area contributed by atoms with Crippen LogP contribution in [0, 0.1) is 5.82 Å². The molecular weight excluding hydrogens is 433 g/mol. The summed E-state index contributed by atoms with van der Waals surface area (Å²) >= 11 is 0.931. The van der Waals surface area contributed by atoms with Gasteiger partial charge >= 0.3 is 12.1 Å². The number of carbonyl (C=O) groups excluding carboxylic acids is 4. The zero-order valence-electron chi connectivity index (χ0n) is 16.5. The van der Waals surface area contributed by atoms with Gasteiger partial charge in [-0.3, -0.25) is 24.6 Å². The maximum atomic E-state index is 14.7. The molecule has 11 nitrogen and oxygen atoms in total. The van der Waals surface area contributed by atoms with E-state index in [9.17, 15) is 23.6 Å². The monoisotopic (exact) mass is 451 g/mol. The topological polar surface area (TPSA) is 140 Å². The summed E-state index contributed by atoms with van der Waals surface area (Å²) in [4.78, 5) is 46.7. The van der Waals surface area contributed by atoms with Crippen molar-refractivity contribution < 1.29 is 33.0 Å². The second kappa shape index (κ2) is 9.47. The average Bonchev–Trinajstić information content (AvgIpc) is 3.31. The molecule has 13 heteroatoms. The van der Waals surface area contributed by atoms with E-state index in [0.29, 0.717) is 0 Å². The van der Waals surface area contributed by atoms with Crippen molar-refractivity contribution in [2.75, 3.05) is 29.9 Å². The molecule has 1 saturated heterocycles. The van der Waals surface area contributed by atoms with Crippen LogP contribution in [0.2, 0.25) is 0 Å². The van der Waals surface area contributed by atoms with Gasteiger partial charge in [-0.05, 0) is 18.2 Å². The quantitative estimate of drug-likeness (QED) is 0.601. The Morgan fingerprint density at radius 1 is 1.32 bits per heavy atom. The van der Waals surface area contributed by atoms with Crippen molar-refractivity contribution in [3.63, 3.8) is 0 Å². The van der Waals surface area contributed by atoms with Crippen LogP contribution in [0.15, 0.2) is 18.2 Å². The van der Waals surface area contributed by atoms with Crippen LogP contribution in [-0.4, -0.2) is 59.9 Å². The largest absolute Gasteiger partial charge is 0.456 e. The fourth-order valence-electron chi connectivity index (χ4n) is 2.65. The van der Waals surface area contributed by atoms with Gasteiger partial charge in [-0.15, -0.1) is 10.2 Å². The number of cyclic esters (lactones) is 1. The molecule has 1 aliphatic rings. The average molecular weight is 451 g/mol. The number of ether oxygens (including phenoxy) is 2. The van der Waals surface area contributed by atoms with E-state index in [4.69, 9.17) is 4.74 Å². The minimum Gasteiger partial charge on any atom is -0.456 e. The van der Waals surface area contributed by atoms with Gasteiger partial charge in [-0.2, -0.15) is 0 Å². The predicted molar refractivity (Wildman–Crippen MR) is 107 cm³/mol. The van der Waals surface area contributed by atoms with E-state index < -0.39 is 36.5 Å². The summed E-state index contributed by atoms with van der Waals surface area (Å²) in [6, 6.07) is 4.13. The lowest BCUT2D eigenvalue weighted by Gasteiger charge is -2.14. The van der Waals surface area contributed by atoms with Gasteiger partial charge in [0.05, 0.1) is 18.8 Å². The maximum absolute atomic E-state index is 14.7. The molecule has 2 heterocycles. The van der Waals surface area contributed by atoms with E-state index in [0.717, 1.165) is 17.4 Å². The molecule has 2 N–H and O–H groups in total. The summed E-state index contributed by atoms with van der Waals surface area (Å²) in [5.41, 5.74) is 0.417. The number of anilines is 2. The summed E-state index contributed by atoms with van der Waals surface area (Å²) in [5, 5.41) is 12.9. The van der Waals surface area contributed by atoms with Crippen LogP contribution in [0.1, 0.15) is 13.8 Å². The number of carbonyl (C=O) groups is 4. The molecule has 1 atom stereocenters. The number of nitrogens with zero attached hydrogens (tertiary/aromatic N) is 3. The molecule has 3 amide bonds. The molecule has 0 bridgehead atoms. The Morgan fingerprint density at radius 3 is 2.77 bits per heavy atom. The van der Waals surface area contributed by atoms with Gasteiger partial charge in [0, 0.05) is 19.4 Å². The van der Waals surface area contributed by atoms with Crippen molar-refractivity contribution in [3.05, 3.63) is 24.0 Å². The van der Waals surface area contributed by atoms with Gasteiger partial charge in [0.25, 0.3) is 5.91 Å². The second-order valence-electron chi connectivity index (χ2n) is 6.46. The van der Waals surface area contributed by atoms with Crippen LogP contribution < -0.4 is 15.5 Å². The first-order valence-electron chi connectivity index (χ1n) is 9.02. The molecule has 0 aliphatic carbocycles. The molecule has 164 valence electrons. The Labute approximate surface area is 179 Å². The summed E-state index contributed by atoms with van der Waals surface area (Å²) in [6.07, 6.45) is -1.18. The maximum Gasteiger partial charge on any atom is 0.414 e. The molecule has 31 heavy (non-hydrogen) atoms. The lowest BCUT2D eigenvalue weighted by Crippen LogP contribution is -2.33. The lowest BCUT2D eigenvalue weighted by molar-refractivity contribution is -0.144. The summed E-state index contributed by atoms with van der Waals surface area (Å²) in [6.45, 7) is 2.38. The highest BCUT2D eigenvalue weighted by molar-refractivity contribution is 7.18. The van der Waals surface area contributed by atoms with Crippen molar-refractivity contribution in [1.29, 1.82) is 0 Å². The van der Waals surface area contributed by atoms with Crippen molar-refractivity contribution in [2.45, 2.75) is 20.0 Å². The van der Waals surface area contributed by atoms with Gasteiger partial charge in [-0.25, -0.2) is 9.18 Å². The first kappa shape index (κ1) is 22.1. The molecule has 0 spiro atoms. The Kier molecular flexibility index (Phi) is 6.74. The van der Waals surface area contributed by atoms with E-state index >= 15 is 0 Å². The smallest absolute Gasteiger partial charge is 0.414 e. The molecule has 2 aromatic rings. The number of esters is 1. The Balaban J connectivity index is 1.67.